The van der Waals surface area contributed by atoms with Crippen molar-refractivity contribution in [2.24, 2.45) is 0 Å². The van der Waals surface area contributed by atoms with E-state index in [1.807, 2.05) is 31.2 Å². The van der Waals surface area contributed by atoms with Gasteiger partial charge in [0.25, 0.3) is 11.6 Å². The van der Waals surface area contributed by atoms with Crippen LogP contribution < -0.4 is 10.1 Å². The fourth-order valence-corrected chi connectivity index (χ4v) is 2.96. The lowest BCUT2D eigenvalue weighted by Crippen LogP contribution is -2.28. The molecule has 0 unspecified atom stereocenters. The number of ether oxygens (including phenoxy) is 1. The Bertz CT molecular complexity index is 1120. The van der Waals surface area contributed by atoms with Gasteiger partial charge >= 0.3 is 0 Å². The quantitative estimate of drug-likeness (QED) is 0.512. The largest absolute Gasteiger partial charge is 0.492 e. The van der Waals surface area contributed by atoms with E-state index in [0.717, 1.165) is 11.3 Å². The molecule has 7 heteroatoms. The van der Waals surface area contributed by atoms with Crippen LogP contribution in [-0.4, -0.2) is 29.2 Å². The molecule has 0 atom stereocenters. The fraction of sp³-hybridized carbons (Fsp3) is 0.190. The first-order chi connectivity index (χ1) is 13.6. The number of nitrogens with one attached hydrogen (secondary N) is 1. The number of nitrogens with zero attached hydrogens (tertiary/aromatic N) is 2. The minimum atomic E-state index is -0.251. The smallest absolute Gasteiger partial charge is 0.259 e. The summed E-state index contributed by atoms with van der Waals surface area (Å²) in [6.07, 6.45) is 1.55. The molecule has 4 aromatic rings. The first-order valence-electron chi connectivity index (χ1n) is 8.90. The van der Waals surface area contributed by atoms with Crippen molar-refractivity contribution in [2.45, 2.75) is 13.8 Å². The third kappa shape index (κ3) is 3.59. The molecule has 0 saturated carbocycles. The number of hydrogen-bond acceptors (Lipinski definition) is 6. The van der Waals surface area contributed by atoms with Crippen LogP contribution in [0.1, 0.15) is 21.6 Å². The molecular formula is C21H19N3O4. The molecule has 28 heavy (non-hydrogen) atoms. The van der Waals surface area contributed by atoms with Crippen molar-refractivity contribution in [3.63, 3.8) is 0 Å². The maximum atomic E-state index is 12.8. The van der Waals surface area contributed by atoms with Gasteiger partial charge in [-0.15, -0.1) is 0 Å². The molecule has 7 nitrogen and oxygen atoms in total. The second kappa shape index (κ2) is 7.56. The van der Waals surface area contributed by atoms with E-state index in [-0.39, 0.29) is 5.91 Å². The Hall–Kier alpha value is -3.61. The van der Waals surface area contributed by atoms with Crippen molar-refractivity contribution in [2.75, 3.05) is 13.2 Å². The predicted octanol–water partition coefficient (Wildman–Crippen LogP) is 3.91. The highest BCUT2D eigenvalue weighted by molar-refractivity contribution is 6.06. The summed E-state index contributed by atoms with van der Waals surface area (Å²) in [5.74, 6) is 1.07. The number of benzene rings is 1. The van der Waals surface area contributed by atoms with E-state index in [9.17, 15) is 4.79 Å². The normalized spacial score (nSPS) is 10.9. The first kappa shape index (κ1) is 17.8. The molecule has 0 aliphatic rings. The Morgan fingerprint density at radius 2 is 2.07 bits per heavy atom. The number of carbonyl (C=O) groups excluding carboxylic acids is 1. The monoisotopic (exact) mass is 377 g/mol. The number of aromatic nitrogens is 2. The number of rotatable bonds is 6. The number of fused-ring (bicyclic) bond motifs is 1. The molecule has 142 valence electrons. The van der Waals surface area contributed by atoms with Crippen LogP contribution in [0.2, 0.25) is 0 Å². The molecule has 4 rings (SSSR count). The van der Waals surface area contributed by atoms with E-state index < -0.39 is 0 Å². The zero-order chi connectivity index (χ0) is 19.5. The van der Waals surface area contributed by atoms with Crippen LogP contribution in [0.15, 0.2) is 57.7 Å². The summed E-state index contributed by atoms with van der Waals surface area (Å²) in [6, 6.07) is 13.0. The fourth-order valence-electron chi connectivity index (χ4n) is 2.96. The van der Waals surface area contributed by atoms with Gasteiger partial charge in [-0.3, -0.25) is 4.79 Å². The molecule has 3 aromatic heterocycles. The predicted molar refractivity (Wildman–Crippen MR) is 103 cm³/mol. The van der Waals surface area contributed by atoms with Crippen LogP contribution >= 0.6 is 0 Å². The number of carbonyl (C=O) groups is 1. The first-order valence-corrected chi connectivity index (χ1v) is 8.90. The maximum absolute atomic E-state index is 12.8. The van der Waals surface area contributed by atoms with Gasteiger partial charge in [0, 0.05) is 0 Å². The van der Waals surface area contributed by atoms with Crippen molar-refractivity contribution in [1.29, 1.82) is 0 Å². The van der Waals surface area contributed by atoms with Crippen molar-refractivity contribution in [3.05, 3.63) is 65.5 Å². The third-order valence-electron chi connectivity index (χ3n) is 4.28. The van der Waals surface area contributed by atoms with Crippen molar-refractivity contribution >= 4 is 17.0 Å². The number of pyridine rings is 1. The zero-order valence-electron chi connectivity index (χ0n) is 15.6. The Morgan fingerprint density at radius 3 is 2.86 bits per heavy atom. The van der Waals surface area contributed by atoms with E-state index in [1.165, 1.54) is 0 Å². The van der Waals surface area contributed by atoms with Gasteiger partial charge in [0.2, 0.25) is 0 Å². The second-order valence-electron chi connectivity index (χ2n) is 6.40. The summed E-state index contributed by atoms with van der Waals surface area (Å²) in [5.41, 5.74) is 2.97. The topological polar surface area (TPSA) is 90.4 Å². The van der Waals surface area contributed by atoms with Gasteiger partial charge in [0.15, 0.2) is 5.76 Å². The number of amides is 1. The van der Waals surface area contributed by atoms with Crippen LogP contribution in [0.25, 0.3) is 22.6 Å². The number of aryl methyl sites for hydroxylation is 2. The van der Waals surface area contributed by atoms with Gasteiger partial charge in [-0.25, -0.2) is 4.98 Å². The number of furan rings is 1. The highest BCUT2D eigenvalue weighted by Gasteiger charge is 2.20. The molecule has 1 amide bonds. The van der Waals surface area contributed by atoms with Gasteiger partial charge < -0.3 is 19.0 Å². The Balaban J connectivity index is 1.51. The average molecular weight is 377 g/mol. The molecule has 0 bridgehead atoms. The lowest BCUT2D eigenvalue weighted by atomic mass is 10.1. The SMILES string of the molecule is Cc1cccc(OCCNC(=O)c2cc(-c3ccco3)nc3onc(C)c23)c1. The van der Waals surface area contributed by atoms with E-state index in [1.54, 1.807) is 31.4 Å². The van der Waals surface area contributed by atoms with Crippen LogP contribution in [0, 0.1) is 13.8 Å². The van der Waals surface area contributed by atoms with Gasteiger partial charge in [-0.05, 0) is 49.7 Å². The lowest BCUT2D eigenvalue weighted by molar-refractivity contribution is 0.0948. The molecule has 0 fully saturated rings. The van der Waals surface area contributed by atoms with Crippen molar-refractivity contribution < 1.29 is 18.5 Å². The molecule has 0 radical (unpaired) electrons. The van der Waals surface area contributed by atoms with Crippen molar-refractivity contribution in [1.82, 2.24) is 15.5 Å². The van der Waals surface area contributed by atoms with Crippen molar-refractivity contribution in [3.8, 4) is 17.2 Å². The summed E-state index contributed by atoms with van der Waals surface area (Å²) in [5, 5.41) is 7.40. The molecule has 0 saturated heterocycles. The Labute approximate surface area is 161 Å². The molecule has 0 aliphatic carbocycles. The van der Waals surface area contributed by atoms with Gasteiger partial charge in [0.1, 0.15) is 18.1 Å². The highest BCUT2D eigenvalue weighted by atomic mass is 16.5. The number of hydrogen-bond donors (Lipinski definition) is 1. The summed E-state index contributed by atoms with van der Waals surface area (Å²) < 4.78 is 16.3. The summed E-state index contributed by atoms with van der Waals surface area (Å²) in [4.78, 5) is 17.2. The minimum Gasteiger partial charge on any atom is -0.492 e. The Morgan fingerprint density at radius 1 is 1.18 bits per heavy atom. The van der Waals surface area contributed by atoms with Crippen LogP contribution in [-0.2, 0) is 0 Å². The Kier molecular flexibility index (Phi) is 4.80. The van der Waals surface area contributed by atoms with E-state index in [4.69, 9.17) is 13.7 Å². The molecule has 1 N–H and O–H groups in total. The molecule has 1 aromatic carbocycles. The molecule has 0 aliphatic heterocycles. The van der Waals surface area contributed by atoms with Crippen LogP contribution in [0.3, 0.4) is 0 Å². The summed E-state index contributed by atoms with van der Waals surface area (Å²) in [6.45, 7) is 4.49. The highest BCUT2D eigenvalue weighted by Crippen LogP contribution is 2.27. The van der Waals surface area contributed by atoms with Crippen LogP contribution in [0.5, 0.6) is 5.75 Å². The van der Waals surface area contributed by atoms with Gasteiger partial charge in [-0.2, -0.15) is 0 Å². The van der Waals surface area contributed by atoms with E-state index in [0.29, 0.717) is 47.0 Å². The van der Waals surface area contributed by atoms with E-state index in [2.05, 4.69) is 15.5 Å². The molecule has 0 spiro atoms. The van der Waals surface area contributed by atoms with Crippen LogP contribution in [0.4, 0.5) is 0 Å². The summed E-state index contributed by atoms with van der Waals surface area (Å²) >= 11 is 0. The standard InChI is InChI=1S/C21H19N3O4/c1-13-5-3-6-15(11-13)26-10-8-22-20(25)16-12-17(18-7-4-9-27-18)23-21-19(16)14(2)24-28-21/h3-7,9,11-12H,8,10H2,1-2H3,(H,22,25). The average Bonchev–Trinajstić information content (AvgIpc) is 3.35. The molecular weight excluding hydrogens is 358 g/mol. The summed E-state index contributed by atoms with van der Waals surface area (Å²) in [7, 11) is 0. The van der Waals surface area contributed by atoms with E-state index >= 15 is 0 Å². The lowest BCUT2D eigenvalue weighted by Gasteiger charge is -2.09. The molecule has 3 heterocycles. The minimum absolute atomic E-state index is 0.251. The third-order valence-corrected chi connectivity index (χ3v) is 4.28. The second-order valence-corrected chi connectivity index (χ2v) is 6.40. The van der Waals surface area contributed by atoms with Gasteiger partial charge in [0.05, 0.1) is 29.5 Å². The van der Waals surface area contributed by atoms with Gasteiger partial charge in [-0.1, -0.05) is 17.3 Å². The maximum Gasteiger partial charge on any atom is 0.259 e. The zero-order valence-corrected chi connectivity index (χ0v) is 15.6.